The highest BCUT2D eigenvalue weighted by atomic mass is 16.2. The average molecular weight is 323 g/mol. The number of fused-ring (bicyclic) bond motifs is 1. The Kier molecular flexibility index (Phi) is 4.81. The molecule has 2 aromatic heterocycles. The standard InChI is InChI=1S/C17H17N5O2/c23-16(11-22-17(24)15-10-18-7-8-19-15)20-6-5-12-9-21-14-4-2-1-3-13(12)14/h1-4,7-10,21H,5-6,11H2,(H,20,23)(H,22,24). The number of nitrogens with zero attached hydrogens (tertiary/aromatic N) is 2. The summed E-state index contributed by atoms with van der Waals surface area (Å²) in [5.74, 6) is -0.665. The van der Waals surface area contributed by atoms with Crippen LogP contribution in [0.15, 0.2) is 49.1 Å². The minimum absolute atomic E-state index is 0.0940. The van der Waals surface area contributed by atoms with Crippen molar-refractivity contribution in [2.75, 3.05) is 13.1 Å². The van der Waals surface area contributed by atoms with Gasteiger partial charge in [0.1, 0.15) is 5.69 Å². The lowest BCUT2D eigenvalue weighted by Crippen LogP contribution is -2.38. The van der Waals surface area contributed by atoms with E-state index in [4.69, 9.17) is 0 Å². The molecule has 0 bridgehead atoms. The normalized spacial score (nSPS) is 10.5. The minimum atomic E-state index is -0.421. The molecule has 0 atom stereocenters. The SMILES string of the molecule is O=C(CNC(=O)c1cnccn1)NCCc1c[nH]c2ccccc12. The molecule has 0 fully saturated rings. The second-order valence-corrected chi connectivity index (χ2v) is 5.23. The van der Waals surface area contributed by atoms with Gasteiger partial charge in [0.05, 0.1) is 12.7 Å². The highest BCUT2D eigenvalue weighted by Gasteiger charge is 2.09. The summed E-state index contributed by atoms with van der Waals surface area (Å²) < 4.78 is 0. The summed E-state index contributed by atoms with van der Waals surface area (Å²) in [4.78, 5) is 34.4. The average Bonchev–Trinajstić information content (AvgIpc) is 3.04. The van der Waals surface area contributed by atoms with Gasteiger partial charge >= 0.3 is 0 Å². The molecule has 0 aliphatic heterocycles. The Morgan fingerprint density at radius 2 is 2.00 bits per heavy atom. The van der Waals surface area contributed by atoms with Crippen LogP contribution in [-0.2, 0) is 11.2 Å². The van der Waals surface area contributed by atoms with Crippen molar-refractivity contribution < 1.29 is 9.59 Å². The lowest BCUT2D eigenvalue weighted by Gasteiger charge is -2.06. The molecule has 0 aliphatic carbocycles. The quantitative estimate of drug-likeness (QED) is 0.631. The third-order valence-corrected chi connectivity index (χ3v) is 3.60. The number of aromatic amines is 1. The third-order valence-electron chi connectivity index (χ3n) is 3.60. The molecule has 0 saturated heterocycles. The first-order valence-corrected chi connectivity index (χ1v) is 7.60. The maximum absolute atomic E-state index is 11.8. The molecule has 1 aromatic carbocycles. The molecular formula is C17H17N5O2. The zero-order valence-electron chi connectivity index (χ0n) is 13.0. The summed E-state index contributed by atoms with van der Waals surface area (Å²) in [5.41, 5.74) is 2.41. The molecule has 122 valence electrons. The number of H-pyrrole nitrogens is 1. The van der Waals surface area contributed by atoms with E-state index >= 15 is 0 Å². The van der Waals surface area contributed by atoms with Gasteiger partial charge in [-0.05, 0) is 18.1 Å². The Labute approximate surface area is 138 Å². The number of hydrogen-bond donors (Lipinski definition) is 3. The number of nitrogens with one attached hydrogen (secondary N) is 3. The molecule has 24 heavy (non-hydrogen) atoms. The van der Waals surface area contributed by atoms with Crippen LogP contribution in [0.2, 0.25) is 0 Å². The van der Waals surface area contributed by atoms with Crippen LogP contribution in [0.5, 0.6) is 0 Å². The summed E-state index contributed by atoms with van der Waals surface area (Å²) >= 11 is 0. The molecule has 3 rings (SSSR count). The Morgan fingerprint density at radius 3 is 2.83 bits per heavy atom. The van der Waals surface area contributed by atoms with E-state index in [1.54, 1.807) is 0 Å². The van der Waals surface area contributed by atoms with E-state index in [1.165, 1.54) is 18.6 Å². The van der Waals surface area contributed by atoms with Crippen LogP contribution in [0.25, 0.3) is 10.9 Å². The zero-order valence-corrected chi connectivity index (χ0v) is 13.0. The first-order chi connectivity index (χ1) is 11.7. The summed E-state index contributed by atoms with van der Waals surface area (Å²) in [5, 5.41) is 6.46. The van der Waals surface area contributed by atoms with Crippen molar-refractivity contribution >= 4 is 22.7 Å². The Bertz CT molecular complexity index is 844. The maximum Gasteiger partial charge on any atom is 0.271 e. The molecule has 0 radical (unpaired) electrons. The largest absolute Gasteiger partial charge is 0.361 e. The third kappa shape index (κ3) is 3.75. The molecule has 0 aliphatic rings. The fourth-order valence-electron chi connectivity index (χ4n) is 2.41. The van der Waals surface area contributed by atoms with Gasteiger partial charge in [-0.3, -0.25) is 14.6 Å². The van der Waals surface area contributed by atoms with Crippen LogP contribution >= 0.6 is 0 Å². The van der Waals surface area contributed by atoms with Crippen LogP contribution < -0.4 is 10.6 Å². The van der Waals surface area contributed by atoms with Crippen molar-refractivity contribution in [3.8, 4) is 0 Å². The van der Waals surface area contributed by atoms with Gasteiger partial charge in [0.25, 0.3) is 5.91 Å². The monoisotopic (exact) mass is 323 g/mol. The van der Waals surface area contributed by atoms with Gasteiger partial charge in [-0.25, -0.2) is 4.98 Å². The summed E-state index contributed by atoms with van der Waals surface area (Å²) in [6.07, 6.45) is 6.93. The van der Waals surface area contributed by atoms with E-state index in [0.29, 0.717) is 13.0 Å². The highest BCUT2D eigenvalue weighted by Crippen LogP contribution is 2.17. The Hall–Kier alpha value is -3.22. The van der Waals surface area contributed by atoms with Gasteiger partial charge in [-0.2, -0.15) is 0 Å². The van der Waals surface area contributed by atoms with Crippen molar-refractivity contribution in [1.82, 2.24) is 25.6 Å². The number of rotatable bonds is 6. The van der Waals surface area contributed by atoms with Gasteiger partial charge in [-0.1, -0.05) is 18.2 Å². The topological polar surface area (TPSA) is 99.8 Å². The van der Waals surface area contributed by atoms with Crippen LogP contribution in [-0.4, -0.2) is 39.9 Å². The van der Waals surface area contributed by atoms with Crippen molar-refractivity contribution in [1.29, 1.82) is 0 Å². The fraction of sp³-hybridized carbons (Fsp3) is 0.176. The van der Waals surface area contributed by atoms with E-state index in [-0.39, 0.29) is 18.1 Å². The summed E-state index contributed by atoms with van der Waals surface area (Å²) in [7, 11) is 0. The summed E-state index contributed by atoms with van der Waals surface area (Å²) in [6.45, 7) is 0.408. The molecule has 0 unspecified atom stereocenters. The zero-order chi connectivity index (χ0) is 16.8. The number of benzene rings is 1. The predicted octanol–water partition coefficient (Wildman–Crippen LogP) is 1.05. The number of hydrogen-bond acceptors (Lipinski definition) is 4. The van der Waals surface area contributed by atoms with E-state index in [2.05, 4.69) is 25.6 Å². The van der Waals surface area contributed by atoms with Gasteiger partial charge in [0.15, 0.2) is 0 Å². The molecule has 3 N–H and O–H groups in total. The second kappa shape index (κ2) is 7.36. The van der Waals surface area contributed by atoms with Gasteiger partial charge < -0.3 is 15.6 Å². The summed E-state index contributed by atoms with van der Waals surface area (Å²) in [6, 6.07) is 8.02. The van der Waals surface area contributed by atoms with Crippen molar-refractivity contribution in [3.05, 3.63) is 60.3 Å². The van der Waals surface area contributed by atoms with E-state index in [1.807, 2.05) is 30.5 Å². The molecule has 0 spiro atoms. The fourth-order valence-corrected chi connectivity index (χ4v) is 2.41. The van der Waals surface area contributed by atoms with Crippen molar-refractivity contribution in [2.45, 2.75) is 6.42 Å². The molecule has 3 aromatic rings. The van der Waals surface area contributed by atoms with E-state index in [0.717, 1.165) is 16.5 Å². The molecule has 2 heterocycles. The van der Waals surface area contributed by atoms with Crippen LogP contribution in [0.4, 0.5) is 0 Å². The number of amides is 2. The molecule has 7 heteroatoms. The second-order valence-electron chi connectivity index (χ2n) is 5.23. The molecular weight excluding hydrogens is 306 g/mol. The molecule has 7 nitrogen and oxygen atoms in total. The predicted molar refractivity (Wildman–Crippen MR) is 89.4 cm³/mol. The number of aromatic nitrogens is 3. The van der Waals surface area contributed by atoms with Crippen LogP contribution in [0.3, 0.4) is 0 Å². The first-order valence-electron chi connectivity index (χ1n) is 7.60. The minimum Gasteiger partial charge on any atom is -0.361 e. The van der Waals surface area contributed by atoms with E-state index in [9.17, 15) is 9.59 Å². The molecule has 0 saturated carbocycles. The smallest absolute Gasteiger partial charge is 0.271 e. The van der Waals surface area contributed by atoms with E-state index < -0.39 is 5.91 Å². The number of carbonyl (C=O) groups is 2. The van der Waals surface area contributed by atoms with Gasteiger partial charge in [-0.15, -0.1) is 0 Å². The number of carbonyl (C=O) groups excluding carboxylic acids is 2. The number of para-hydroxylation sites is 1. The van der Waals surface area contributed by atoms with Gasteiger partial charge in [0.2, 0.25) is 5.91 Å². The molecule has 2 amide bonds. The van der Waals surface area contributed by atoms with Crippen LogP contribution in [0.1, 0.15) is 16.1 Å². The van der Waals surface area contributed by atoms with Gasteiger partial charge in [0, 0.05) is 36.0 Å². The van der Waals surface area contributed by atoms with Crippen LogP contribution in [0, 0.1) is 0 Å². The van der Waals surface area contributed by atoms with Crippen molar-refractivity contribution in [3.63, 3.8) is 0 Å². The van der Waals surface area contributed by atoms with Crippen molar-refractivity contribution in [2.24, 2.45) is 0 Å². The first kappa shape index (κ1) is 15.7. The lowest BCUT2D eigenvalue weighted by molar-refractivity contribution is -0.120. The maximum atomic E-state index is 11.8. The highest BCUT2D eigenvalue weighted by molar-refractivity contribution is 5.94. The lowest BCUT2D eigenvalue weighted by atomic mass is 10.1. The Balaban J connectivity index is 1.44. The Morgan fingerprint density at radius 1 is 1.12 bits per heavy atom.